The van der Waals surface area contributed by atoms with Gasteiger partial charge in [0, 0.05) is 10.0 Å². The minimum absolute atomic E-state index is 0.0628. The Hall–Kier alpha value is -2.01. The number of ether oxygens (including phenoxy) is 2. The minimum atomic E-state index is -0.0630. The summed E-state index contributed by atoms with van der Waals surface area (Å²) < 4.78 is 11.5. The molecule has 0 bridgehead atoms. The van der Waals surface area contributed by atoms with Crippen LogP contribution in [0.5, 0.6) is 11.5 Å². The molecule has 2 rings (SSSR count). The summed E-state index contributed by atoms with van der Waals surface area (Å²) >= 11 is 3.41. The number of nitrogens with one attached hydrogen (secondary N) is 1. The third-order valence-corrected chi connectivity index (χ3v) is 4.11. The number of amides is 1. The van der Waals surface area contributed by atoms with E-state index in [1.54, 1.807) is 20.3 Å². The van der Waals surface area contributed by atoms with Crippen molar-refractivity contribution < 1.29 is 14.3 Å². The van der Waals surface area contributed by atoms with Crippen molar-refractivity contribution in [3.8, 4) is 11.5 Å². The second kappa shape index (κ2) is 8.02. The summed E-state index contributed by atoms with van der Waals surface area (Å²) in [4.78, 5) is 12.3. The summed E-state index contributed by atoms with van der Waals surface area (Å²) in [7, 11) is 3.19. The van der Waals surface area contributed by atoms with Gasteiger partial charge < -0.3 is 14.8 Å². The van der Waals surface area contributed by atoms with Gasteiger partial charge in [-0.1, -0.05) is 28.1 Å². The molecule has 1 amide bonds. The van der Waals surface area contributed by atoms with E-state index >= 15 is 0 Å². The van der Waals surface area contributed by atoms with Crippen LogP contribution in [0, 0.1) is 0 Å². The number of hydrogen-bond donors (Lipinski definition) is 1. The van der Waals surface area contributed by atoms with E-state index in [0.717, 1.165) is 15.6 Å². The molecule has 4 nitrogen and oxygen atoms in total. The zero-order valence-corrected chi connectivity index (χ0v) is 15.0. The lowest BCUT2D eigenvalue weighted by atomic mass is 10.1. The zero-order valence-electron chi connectivity index (χ0n) is 13.4. The Kier molecular flexibility index (Phi) is 6.04. The van der Waals surface area contributed by atoms with Gasteiger partial charge in [-0.25, -0.2) is 0 Å². The largest absolute Gasteiger partial charge is 0.497 e. The maximum Gasteiger partial charge on any atom is 0.225 e. The standard InChI is InChI=1S/C18H20BrNO3/c1-12(13-4-6-15(19)7-5-13)20-18(21)11-14-10-16(22-2)8-9-17(14)23-3/h4-10,12H,11H2,1-3H3,(H,20,21)/t12-/m1/s1. The number of halogens is 1. The number of carbonyl (C=O) groups is 1. The molecular formula is C18H20BrNO3. The fourth-order valence-corrected chi connectivity index (χ4v) is 2.58. The van der Waals surface area contributed by atoms with Gasteiger partial charge in [-0.2, -0.15) is 0 Å². The molecule has 122 valence electrons. The van der Waals surface area contributed by atoms with Crippen LogP contribution in [0.15, 0.2) is 46.9 Å². The second-order valence-corrected chi connectivity index (χ2v) is 6.11. The van der Waals surface area contributed by atoms with E-state index in [4.69, 9.17) is 9.47 Å². The molecule has 0 aliphatic carbocycles. The van der Waals surface area contributed by atoms with Gasteiger partial charge in [0.05, 0.1) is 26.7 Å². The predicted octanol–water partition coefficient (Wildman–Crippen LogP) is 3.89. The maximum atomic E-state index is 12.3. The van der Waals surface area contributed by atoms with Gasteiger partial charge in [0.2, 0.25) is 5.91 Å². The quantitative estimate of drug-likeness (QED) is 0.830. The van der Waals surface area contributed by atoms with Crippen molar-refractivity contribution in [2.45, 2.75) is 19.4 Å². The molecule has 0 heterocycles. The third-order valence-electron chi connectivity index (χ3n) is 3.59. The van der Waals surface area contributed by atoms with Crippen molar-refractivity contribution in [2.24, 2.45) is 0 Å². The lowest BCUT2D eigenvalue weighted by Crippen LogP contribution is -2.28. The summed E-state index contributed by atoms with van der Waals surface area (Å²) in [6, 6.07) is 13.3. The topological polar surface area (TPSA) is 47.6 Å². The van der Waals surface area contributed by atoms with Gasteiger partial charge in [-0.3, -0.25) is 4.79 Å². The molecule has 0 aromatic heterocycles. The Balaban J connectivity index is 2.05. The molecule has 0 fully saturated rings. The van der Waals surface area contributed by atoms with E-state index in [2.05, 4.69) is 21.2 Å². The predicted molar refractivity (Wildman–Crippen MR) is 93.9 cm³/mol. The van der Waals surface area contributed by atoms with E-state index in [0.29, 0.717) is 11.5 Å². The summed E-state index contributed by atoms with van der Waals surface area (Å²) in [6.45, 7) is 1.96. The number of benzene rings is 2. The normalized spacial score (nSPS) is 11.7. The molecule has 0 unspecified atom stereocenters. The summed E-state index contributed by atoms with van der Waals surface area (Å²) in [6.07, 6.45) is 0.237. The second-order valence-electron chi connectivity index (χ2n) is 5.20. The van der Waals surface area contributed by atoms with Crippen LogP contribution in [-0.4, -0.2) is 20.1 Å². The monoisotopic (exact) mass is 377 g/mol. The summed E-state index contributed by atoms with van der Waals surface area (Å²) in [5.74, 6) is 1.32. The van der Waals surface area contributed by atoms with Crippen molar-refractivity contribution in [1.29, 1.82) is 0 Å². The van der Waals surface area contributed by atoms with Crippen molar-refractivity contribution >= 4 is 21.8 Å². The van der Waals surface area contributed by atoms with E-state index in [1.165, 1.54) is 0 Å². The first-order chi connectivity index (χ1) is 11.0. The van der Waals surface area contributed by atoms with E-state index < -0.39 is 0 Å². The molecule has 2 aromatic carbocycles. The smallest absolute Gasteiger partial charge is 0.225 e. The highest BCUT2D eigenvalue weighted by Crippen LogP contribution is 2.24. The van der Waals surface area contributed by atoms with Gasteiger partial charge in [0.1, 0.15) is 11.5 Å². The molecule has 0 spiro atoms. The Morgan fingerprint density at radius 2 is 1.83 bits per heavy atom. The van der Waals surface area contributed by atoms with Crippen LogP contribution in [0.2, 0.25) is 0 Å². The highest BCUT2D eigenvalue weighted by Gasteiger charge is 2.13. The SMILES string of the molecule is COc1ccc(OC)c(CC(=O)N[C@H](C)c2ccc(Br)cc2)c1. The fraction of sp³-hybridized carbons (Fsp3) is 0.278. The van der Waals surface area contributed by atoms with Crippen molar-refractivity contribution in [3.63, 3.8) is 0 Å². The zero-order chi connectivity index (χ0) is 16.8. The fourth-order valence-electron chi connectivity index (χ4n) is 2.32. The average molecular weight is 378 g/mol. The van der Waals surface area contributed by atoms with Gasteiger partial charge in [-0.05, 0) is 42.8 Å². The first-order valence-corrected chi connectivity index (χ1v) is 8.08. The average Bonchev–Trinajstić information content (AvgIpc) is 2.55. The van der Waals surface area contributed by atoms with Crippen molar-refractivity contribution in [3.05, 3.63) is 58.1 Å². The van der Waals surface area contributed by atoms with E-state index in [-0.39, 0.29) is 18.4 Å². The number of methoxy groups -OCH3 is 2. The lowest BCUT2D eigenvalue weighted by Gasteiger charge is -2.16. The molecular weight excluding hydrogens is 358 g/mol. The molecule has 0 saturated carbocycles. The molecule has 2 aromatic rings. The lowest BCUT2D eigenvalue weighted by molar-refractivity contribution is -0.121. The van der Waals surface area contributed by atoms with E-state index in [9.17, 15) is 4.79 Å². The Labute approximate surface area is 144 Å². The van der Waals surface area contributed by atoms with Crippen LogP contribution in [-0.2, 0) is 11.2 Å². The Morgan fingerprint density at radius 1 is 1.13 bits per heavy atom. The highest BCUT2D eigenvalue weighted by molar-refractivity contribution is 9.10. The molecule has 0 radical (unpaired) electrons. The van der Waals surface area contributed by atoms with Crippen LogP contribution in [0.1, 0.15) is 24.1 Å². The van der Waals surface area contributed by atoms with Gasteiger partial charge in [0.15, 0.2) is 0 Å². The molecule has 1 N–H and O–H groups in total. The Morgan fingerprint density at radius 3 is 2.43 bits per heavy atom. The van der Waals surface area contributed by atoms with Crippen molar-refractivity contribution in [2.75, 3.05) is 14.2 Å². The number of hydrogen-bond acceptors (Lipinski definition) is 3. The first kappa shape index (κ1) is 17.3. The summed E-state index contributed by atoms with van der Waals surface area (Å²) in [5, 5.41) is 3.00. The van der Waals surface area contributed by atoms with Crippen LogP contribution < -0.4 is 14.8 Å². The van der Waals surface area contributed by atoms with Crippen LogP contribution in [0.25, 0.3) is 0 Å². The molecule has 5 heteroatoms. The van der Waals surface area contributed by atoms with E-state index in [1.807, 2.05) is 43.3 Å². The third kappa shape index (κ3) is 4.73. The Bertz CT molecular complexity index is 670. The van der Waals surface area contributed by atoms with Crippen LogP contribution in [0.3, 0.4) is 0 Å². The van der Waals surface area contributed by atoms with Gasteiger partial charge in [0.25, 0.3) is 0 Å². The molecule has 0 aliphatic heterocycles. The van der Waals surface area contributed by atoms with Crippen LogP contribution >= 0.6 is 15.9 Å². The minimum Gasteiger partial charge on any atom is -0.497 e. The van der Waals surface area contributed by atoms with Gasteiger partial charge in [-0.15, -0.1) is 0 Å². The van der Waals surface area contributed by atoms with Gasteiger partial charge >= 0.3 is 0 Å². The van der Waals surface area contributed by atoms with Crippen molar-refractivity contribution in [1.82, 2.24) is 5.32 Å². The molecule has 0 saturated heterocycles. The molecule has 1 atom stereocenters. The molecule has 23 heavy (non-hydrogen) atoms. The first-order valence-electron chi connectivity index (χ1n) is 7.29. The highest BCUT2D eigenvalue weighted by atomic mass is 79.9. The number of rotatable bonds is 6. The molecule has 0 aliphatic rings. The maximum absolute atomic E-state index is 12.3. The number of carbonyl (C=O) groups excluding carboxylic acids is 1. The van der Waals surface area contributed by atoms with Crippen LogP contribution in [0.4, 0.5) is 0 Å². The summed E-state index contributed by atoms with van der Waals surface area (Å²) in [5.41, 5.74) is 1.85.